The van der Waals surface area contributed by atoms with Crippen molar-refractivity contribution in [2.45, 2.75) is 24.8 Å². The van der Waals surface area contributed by atoms with Gasteiger partial charge in [0.15, 0.2) is 0 Å². The highest BCUT2D eigenvalue weighted by Gasteiger charge is 2.08. The summed E-state index contributed by atoms with van der Waals surface area (Å²) in [6.07, 6.45) is 0. The van der Waals surface area contributed by atoms with Crippen LogP contribution in [0.2, 0.25) is 0 Å². The van der Waals surface area contributed by atoms with Crippen LogP contribution < -0.4 is 5.32 Å². The van der Waals surface area contributed by atoms with E-state index in [1.54, 1.807) is 23.9 Å². The minimum absolute atomic E-state index is 0.180. The highest BCUT2D eigenvalue weighted by molar-refractivity contribution is 7.99. The van der Waals surface area contributed by atoms with Gasteiger partial charge in [-0.3, -0.25) is 0 Å². The number of hydrogen-bond acceptors (Lipinski definition) is 2. The van der Waals surface area contributed by atoms with Crippen molar-refractivity contribution in [2.75, 3.05) is 12.3 Å². The number of hydrogen-bond donors (Lipinski definition) is 1. The van der Waals surface area contributed by atoms with Crippen LogP contribution in [0, 0.1) is 5.82 Å². The molecule has 16 heavy (non-hydrogen) atoms. The molecule has 0 bridgehead atoms. The smallest absolute Gasteiger partial charge is 0.124 e. The van der Waals surface area contributed by atoms with Gasteiger partial charge >= 0.3 is 0 Å². The highest BCUT2D eigenvalue weighted by atomic mass is 32.2. The third-order valence-corrected chi connectivity index (χ3v) is 3.35. The van der Waals surface area contributed by atoms with E-state index in [1.165, 1.54) is 6.07 Å². The molecule has 1 atom stereocenters. The van der Waals surface area contributed by atoms with E-state index in [-0.39, 0.29) is 5.82 Å². The van der Waals surface area contributed by atoms with E-state index in [9.17, 15) is 4.39 Å². The molecule has 0 amide bonds. The van der Waals surface area contributed by atoms with E-state index >= 15 is 0 Å². The SMILES string of the molecule is C=C(C)C(CSc1cccc(F)c1)NCC. The van der Waals surface area contributed by atoms with Gasteiger partial charge in [0.05, 0.1) is 0 Å². The molecule has 3 heteroatoms. The van der Waals surface area contributed by atoms with Crippen molar-refractivity contribution < 1.29 is 4.39 Å². The fourth-order valence-corrected chi connectivity index (χ4v) is 2.49. The number of benzene rings is 1. The Morgan fingerprint density at radius 1 is 1.56 bits per heavy atom. The zero-order valence-corrected chi connectivity index (χ0v) is 10.6. The van der Waals surface area contributed by atoms with Gasteiger partial charge in [0.1, 0.15) is 5.82 Å². The molecule has 0 fully saturated rings. The molecule has 0 aliphatic heterocycles. The van der Waals surface area contributed by atoms with Gasteiger partial charge in [0.25, 0.3) is 0 Å². The summed E-state index contributed by atoms with van der Waals surface area (Å²) >= 11 is 1.65. The number of rotatable bonds is 6. The lowest BCUT2D eigenvalue weighted by Crippen LogP contribution is -2.31. The van der Waals surface area contributed by atoms with Crippen LogP contribution in [0.1, 0.15) is 13.8 Å². The summed E-state index contributed by atoms with van der Waals surface area (Å²) in [5, 5.41) is 3.35. The second kappa shape index (κ2) is 6.71. The summed E-state index contributed by atoms with van der Waals surface area (Å²) in [5.74, 6) is 0.701. The Hall–Kier alpha value is -0.800. The van der Waals surface area contributed by atoms with Gasteiger partial charge in [-0.15, -0.1) is 11.8 Å². The number of halogens is 1. The average molecular weight is 239 g/mol. The molecule has 1 aromatic carbocycles. The zero-order chi connectivity index (χ0) is 12.0. The summed E-state index contributed by atoms with van der Waals surface area (Å²) in [5.41, 5.74) is 1.12. The number of thioether (sulfide) groups is 1. The quantitative estimate of drug-likeness (QED) is 0.602. The Morgan fingerprint density at radius 3 is 2.88 bits per heavy atom. The molecule has 0 radical (unpaired) electrons. The zero-order valence-electron chi connectivity index (χ0n) is 9.79. The van der Waals surface area contributed by atoms with E-state index in [1.807, 2.05) is 13.0 Å². The Morgan fingerprint density at radius 2 is 2.31 bits per heavy atom. The summed E-state index contributed by atoms with van der Waals surface area (Å²) in [6, 6.07) is 6.98. The summed E-state index contributed by atoms with van der Waals surface area (Å²) in [7, 11) is 0. The van der Waals surface area contributed by atoms with Gasteiger partial charge in [0, 0.05) is 16.7 Å². The predicted octanol–water partition coefficient (Wildman–Crippen LogP) is 3.47. The molecule has 1 unspecified atom stereocenters. The van der Waals surface area contributed by atoms with E-state index in [2.05, 4.69) is 18.8 Å². The molecule has 88 valence electrons. The van der Waals surface area contributed by atoms with Crippen LogP contribution in [-0.4, -0.2) is 18.3 Å². The first-order valence-corrected chi connectivity index (χ1v) is 6.39. The predicted molar refractivity (Wildman–Crippen MR) is 69.4 cm³/mol. The molecule has 0 heterocycles. The number of likely N-dealkylation sites (N-methyl/N-ethyl adjacent to an activating group) is 1. The van der Waals surface area contributed by atoms with Crippen molar-refractivity contribution in [3.05, 3.63) is 42.2 Å². The summed E-state index contributed by atoms with van der Waals surface area (Å²) in [6.45, 7) is 8.96. The molecule has 1 aromatic rings. The molecule has 0 aromatic heterocycles. The van der Waals surface area contributed by atoms with Crippen LogP contribution in [0.5, 0.6) is 0 Å². The molecule has 1 nitrogen and oxygen atoms in total. The molecule has 0 saturated heterocycles. The third-order valence-electron chi connectivity index (χ3n) is 2.26. The molecule has 0 aliphatic carbocycles. The van der Waals surface area contributed by atoms with E-state index < -0.39 is 0 Å². The largest absolute Gasteiger partial charge is 0.310 e. The molecule has 0 spiro atoms. The van der Waals surface area contributed by atoms with E-state index in [4.69, 9.17) is 0 Å². The van der Waals surface area contributed by atoms with Crippen LogP contribution in [0.25, 0.3) is 0 Å². The second-order valence-corrected chi connectivity index (χ2v) is 4.82. The maximum absolute atomic E-state index is 13.0. The topological polar surface area (TPSA) is 12.0 Å². The minimum atomic E-state index is -0.180. The van der Waals surface area contributed by atoms with Crippen LogP contribution in [0.15, 0.2) is 41.3 Å². The first-order chi connectivity index (χ1) is 7.63. The standard InChI is InChI=1S/C13H18FNS/c1-4-15-13(10(2)3)9-16-12-7-5-6-11(14)8-12/h5-8,13,15H,2,4,9H2,1,3H3. The van der Waals surface area contributed by atoms with Gasteiger partial charge in [0.2, 0.25) is 0 Å². The maximum atomic E-state index is 13.0. The Balaban J connectivity index is 2.51. The second-order valence-electron chi connectivity index (χ2n) is 3.72. The molecular weight excluding hydrogens is 221 g/mol. The van der Waals surface area contributed by atoms with Gasteiger partial charge in [-0.1, -0.05) is 25.1 Å². The van der Waals surface area contributed by atoms with Crippen molar-refractivity contribution in [3.63, 3.8) is 0 Å². The molecular formula is C13H18FNS. The fraction of sp³-hybridized carbons (Fsp3) is 0.385. The van der Waals surface area contributed by atoms with Crippen molar-refractivity contribution in [2.24, 2.45) is 0 Å². The minimum Gasteiger partial charge on any atom is -0.310 e. The first kappa shape index (κ1) is 13.3. The van der Waals surface area contributed by atoms with Crippen LogP contribution >= 0.6 is 11.8 Å². The lowest BCUT2D eigenvalue weighted by Gasteiger charge is -2.17. The van der Waals surface area contributed by atoms with Crippen molar-refractivity contribution in [1.29, 1.82) is 0 Å². The van der Waals surface area contributed by atoms with Gasteiger partial charge in [-0.25, -0.2) is 4.39 Å². The third kappa shape index (κ3) is 4.37. The lowest BCUT2D eigenvalue weighted by molar-refractivity contribution is 0.623. The average Bonchev–Trinajstić information content (AvgIpc) is 2.24. The maximum Gasteiger partial charge on any atom is 0.124 e. The summed E-state index contributed by atoms with van der Waals surface area (Å²) in [4.78, 5) is 0.962. The van der Waals surface area contributed by atoms with Gasteiger partial charge < -0.3 is 5.32 Å². The molecule has 1 rings (SSSR count). The van der Waals surface area contributed by atoms with Crippen LogP contribution in [0.4, 0.5) is 4.39 Å². The normalized spacial score (nSPS) is 12.4. The van der Waals surface area contributed by atoms with Crippen LogP contribution in [0.3, 0.4) is 0 Å². The van der Waals surface area contributed by atoms with E-state index in [0.717, 1.165) is 22.8 Å². The monoisotopic (exact) mass is 239 g/mol. The molecule has 1 N–H and O–H groups in total. The van der Waals surface area contributed by atoms with Crippen molar-refractivity contribution in [3.8, 4) is 0 Å². The molecule has 0 saturated carbocycles. The van der Waals surface area contributed by atoms with E-state index in [0.29, 0.717) is 6.04 Å². The Kier molecular flexibility index (Phi) is 5.56. The van der Waals surface area contributed by atoms with Crippen molar-refractivity contribution in [1.82, 2.24) is 5.32 Å². The Bertz CT molecular complexity index is 352. The molecule has 0 aliphatic rings. The lowest BCUT2D eigenvalue weighted by atomic mass is 10.2. The highest BCUT2D eigenvalue weighted by Crippen LogP contribution is 2.20. The van der Waals surface area contributed by atoms with Gasteiger partial charge in [-0.2, -0.15) is 0 Å². The van der Waals surface area contributed by atoms with Crippen molar-refractivity contribution >= 4 is 11.8 Å². The first-order valence-electron chi connectivity index (χ1n) is 5.40. The van der Waals surface area contributed by atoms with Crippen LogP contribution in [-0.2, 0) is 0 Å². The van der Waals surface area contributed by atoms with Gasteiger partial charge in [-0.05, 0) is 31.7 Å². The number of nitrogens with one attached hydrogen (secondary N) is 1. The fourth-order valence-electron chi connectivity index (χ4n) is 1.36. The Labute approximate surface area is 101 Å². The summed E-state index contributed by atoms with van der Waals surface area (Å²) < 4.78 is 13.0.